The normalized spacial score (nSPS) is 17.2. The van der Waals surface area contributed by atoms with E-state index in [1.807, 2.05) is 6.07 Å². The maximum absolute atomic E-state index is 12.6. The Hall–Kier alpha value is -1.86. The van der Waals surface area contributed by atoms with Crippen LogP contribution in [-0.4, -0.2) is 20.6 Å². The van der Waals surface area contributed by atoms with Crippen molar-refractivity contribution in [3.63, 3.8) is 0 Å². The van der Waals surface area contributed by atoms with Crippen LogP contribution < -0.4 is 10.0 Å². The summed E-state index contributed by atoms with van der Waals surface area (Å²) in [4.78, 5) is 14.5. The number of rotatable bonds is 4. The third-order valence-electron chi connectivity index (χ3n) is 4.02. The number of hydrogen-bond donors (Lipinski definition) is 2. The molecule has 1 aliphatic carbocycles. The lowest BCUT2D eigenvalue weighted by atomic mass is 9.90. The molecule has 24 heavy (non-hydrogen) atoms. The number of hydrogen-bond acceptors (Lipinski definition) is 4. The molecule has 7 heteroatoms. The highest BCUT2D eigenvalue weighted by molar-refractivity contribution is 7.92. The van der Waals surface area contributed by atoms with E-state index in [1.165, 1.54) is 21.8 Å². The molecule has 2 aromatic rings. The summed E-state index contributed by atoms with van der Waals surface area (Å²) in [6.07, 6.45) is 4.29. The molecule has 0 fully saturated rings. The van der Waals surface area contributed by atoms with Crippen LogP contribution in [0.3, 0.4) is 0 Å². The Balaban J connectivity index is 1.81. The van der Waals surface area contributed by atoms with Crippen molar-refractivity contribution in [2.75, 3.05) is 16.3 Å². The Bertz CT molecular complexity index is 872. The summed E-state index contributed by atoms with van der Waals surface area (Å²) in [5.41, 5.74) is 2.09. The third-order valence-corrected chi connectivity index (χ3v) is 5.85. The first-order chi connectivity index (χ1) is 11.3. The first-order valence-electron chi connectivity index (χ1n) is 7.81. The fraction of sp³-hybridized carbons (Fsp3) is 0.353. The molecule has 2 N–H and O–H groups in total. The number of carbonyl (C=O) groups excluding carboxylic acids is 1. The first kappa shape index (κ1) is 17.0. The molecule has 1 aliphatic rings. The Kier molecular flexibility index (Phi) is 4.64. The van der Waals surface area contributed by atoms with Crippen molar-refractivity contribution in [1.29, 1.82) is 0 Å². The van der Waals surface area contributed by atoms with Gasteiger partial charge in [0.05, 0.1) is 22.5 Å². The minimum atomic E-state index is -3.41. The van der Waals surface area contributed by atoms with Crippen LogP contribution in [0.25, 0.3) is 0 Å². The molecule has 5 nitrogen and oxygen atoms in total. The average Bonchev–Trinajstić information content (AvgIpc) is 2.91. The number of benzene rings is 1. The van der Waals surface area contributed by atoms with Crippen molar-refractivity contribution in [3.8, 4) is 0 Å². The second-order valence-corrected chi connectivity index (χ2v) is 9.17. The fourth-order valence-corrected chi connectivity index (χ4v) is 4.56. The Morgan fingerprint density at radius 2 is 1.96 bits per heavy atom. The molecular formula is C17H20N2O3S2. The van der Waals surface area contributed by atoms with Gasteiger partial charge in [0.2, 0.25) is 10.0 Å². The number of nitrogens with one attached hydrogen (secondary N) is 2. The summed E-state index contributed by atoms with van der Waals surface area (Å²) in [5.74, 6) is 0.451. The monoisotopic (exact) mass is 364 g/mol. The van der Waals surface area contributed by atoms with E-state index >= 15 is 0 Å². The van der Waals surface area contributed by atoms with Gasteiger partial charge in [-0.25, -0.2) is 8.42 Å². The standard InChI is InChI=1S/C17H20N2O3S2/c1-11-7-8-15-12(9-11)10-16(23-15)17(20)18-13-5-3-4-6-14(13)19-24(2,21)22/h3-6,10-11,19H,7-9H2,1-2H3,(H,18,20). The predicted molar refractivity (Wildman–Crippen MR) is 98.4 cm³/mol. The highest BCUT2D eigenvalue weighted by Crippen LogP contribution is 2.33. The molecule has 1 amide bonds. The summed E-state index contributed by atoms with van der Waals surface area (Å²) < 4.78 is 25.3. The van der Waals surface area contributed by atoms with Gasteiger partial charge in [-0.3, -0.25) is 9.52 Å². The van der Waals surface area contributed by atoms with Gasteiger partial charge in [0.15, 0.2) is 0 Å². The van der Waals surface area contributed by atoms with Crippen molar-refractivity contribution in [2.45, 2.75) is 26.2 Å². The first-order valence-corrected chi connectivity index (χ1v) is 10.5. The summed E-state index contributed by atoms with van der Waals surface area (Å²) in [5, 5.41) is 2.81. The molecule has 0 aliphatic heterocycles. The van der Waals surface area contributed by atoms with Gasteiger partial charge in [-0.15, -0.1) is 11.3 Å². The van der Waals surface area contributed by atoms with E-state index in [0.717, 1.165) is 25.5 Å². The summed E-state index contributed by atoms with van der Waals surface area (Å²) in [6.45, 7) is 2.23. The molecule has 3 rings (SSSR count). The second-order valence-electron chi connectivity index (χ2n) is 6.28. The maximum atomic E-state index is 12.6. The molecular weight excluding hydrogens is 344 g/mol. The lowest BCUT2D eigenvalue weighted by Gasteiger charge is -2.16. The molecule has 0 saturated heterocycles. The zero-order valence-electron chi connectivity index (χ0n) is 13.6. The van der Waals surface area contributed by atoms with Crippen molar-refractivity contribution in [1.82, 2.24) is 0 Å². The molecule has 0 spiro atoms. The fourth-order valence-electron chi connectivity index (χ4n) is 2.88. The van der Waals surface area contributed by atoms with E-state index < -0.39 is 10.0 Å². The van der Waals surface area contributed by atoms with Crippen LogP contribution >= 0.6 is 11.3 Å². The van der Waals surface area contributed by atoms with Gasteiger partial charge in [-0.05, 0) is 48.9 Å². The van der Waals surface area contributed by atoms with Crippen LogP contribution in [-0.2, 0) is 22.9 Å². The van der Waals surface area contributed by atoms with Gasteiger partial charge in [0, 0.05) is 4.88 Å². The van der Waals surface area contributed by atoms with E-state index in [-0.39, 0.29) is 5.91 Å². The number of amides is 1. The third kappa shape index (κ3) is 3.96. The highest BCUT2D eigenvalue weighted by Gasteiger charge is 2.21. The summed E-state index contributed by atoms with van der Waals surface area (Å²) >= 11 is 1.53. The Morgan fingerprint density at radius 3 is 2.67 bits per heavy atom. The summed E-state index contributed by atoms with van der Waals surface area (Å²) in [6, 6.07) is 8.75. The topological polar surface area (TPSA) is 75.3 Å². The highest BCUT2D eigenvalue weighted by atomic mass is 32.2. The lowest BCUT2D eigenvalue weighted by Crippen LogP contribution is -2.15. The van der Waals surface area contributed by atoms with Crippen LogP contribution in [0.1, 0.15) is 33.5 Å². The van der Waals surface area contributed by atoms with Gasteiger partial charge in [-0.1, -0.05) is 19.1 Å². The quantitative estimate of drug-likeness (QED) is 0.872. The molecule has 1 atom stereocenters. The van der Waals surface area contributed by atoms with Crippen molar-refractivity contribution >= 4 is 38.6 Å². The van der Waals surface area contributed by atoms with E-state index in [9.17, 15) is 13.2 Å². The number of anilines is 2. The predicted octanol–water partition coefficient (Wildman–Crippen LogP) is 3.50. The molecule has 1 aromatic heterocycles. The zero-order valence-corrected chi connectivity index (χ0v) is 15.3. The number of carbonyl (C=O) groups is 1. The second kappa shape index (κ2) is 6.57. The maximum Gasteiger partial charge on any atom is 0.265 e. The van der Waals surface area contributed by atoms with Crippen LogP contribution in [0.15, 0.2) is 30.3 Å². The molecule has 0 saturated carbocycles. The van der Waals surface area contributed by atoms with Crippen LogP contribution in [0.2, 0.25) is 0 Å². The number of fused-ring (bicyclic) bond motifs is 1. The molecule has 1 unspecified atom stereocenters. The largest absolute Gasteiger partial charge is 0.319 e. The number of para-hydroxylation sites is 2. The molecule has 0 radical (unpaired) electrons. The van der Waals surface area contributed by atoms with Crippen LogP contribution in [0.4, 0.5) is 11.4 Å². The van der Waals surface area contributed by atoms with Crippen molar-refractivity contribution in [3.05, 3.63) is 45.6 Å². The minimum absolute atomic E-state index is 0.204. The van der Waals surface area contributed by atoms with Crippen molar-refractivity contribution in [2.24, 2.45) is 5.92 Å². The van der Waals surface area contributed by atoms with Crippen LogP contribution in [0, 0.1) is 5.92 Å². The Morgan fingerprint density at radius 1 is 1.25 bits per heavy atom. The zero-order chi connectivity index (χ0) is 17.3. The van der Waals surface area contributed by atoms with E-state index in [2.05, 4.69) is 17.0 Å². The van der Waals surface area contributed by atoms with E-state index in [0.29, 0.717) is 22.2 Å². The van der Waals surface area contributed by atoms with Crippen LogP contribution in [0.5, 0.6) is 0 Å². The number of thiophene rings is 1. The number of sulfonamides is 1. The van der Waals surface area contributed by atoms with Gasteiger partial charge < -0.3 is 5.32 Å². The number of aryl methyl sites for hydroxylation is 1. The average molecular weight is 364 g/mol. The van der Waals surface area contributed by atoms with Crippen molar-refractivity contribution < 1.29 is 13.2 Å². The summed E-state index contributed by atoms with van der Waals surface area (Å²) in [7, 11) is -3.41. The molecule has 1 heterocycles. The molecule has 1 aromatic carbocycles. The molecule has 128 valence electrons. The van der Waals surface area contributed by atoms with E-state index in [1.54, 1.807) is 24.3 Å². The lowest BCUT2D eigenvalue weighted by molar-refractivity contribution is 0.103. The SMILES string of the molecule is CC1CCc2sc(C(=O)Nc3ccccc3NS(C)(=O)=O)cc2C1. The smallest absolute Gasteiger partial charge is 0.265 e. The minimum Gasteiger partial charge on any atom is -0.319 e. The van der Waals surface area contributed by atoms with Gasteiger partial charge in [0.25, 0.3) is 5.91 Å². The van der Waals surface area contributed by atoms with Gasteiger partial charge in [0.1, 0.15) is 0 Å². The van der Waals surface area contributed by atoms with Gasteiger partial charge >= 0.3 is 0 Å². The molecule has 0 bridgehead atoms. The Labute approximate surface area is 146 Å². The van der Waals surface area contributed by atoms with E-state index in [4.69, 9.17) is 0 Å². The van der Waals surface area contributed by atoms with Gasteiger partial charge in [-0.2, -0.15) is 0 Å².